The van der Waals surface area contributed by atoms with Crippen LogP contribution in [0.5, 0.6) is 0 Å². The number of rotatable bonds is 3. The number of carbonyl (C=O) groups excluding carboxylic acids is 1. The molecule has 1 heterocycles. The highest BCUT2D eigenvalue weighted by Crippen LogP contribution is 2.24. The molecule has 1 unspecified atom stereocenters. The van der Waals surface area contributed by atoms with Crippen molar-refractivity contribution in [2.24, 2.45) is 5.73 Å². The van der Waals surface area contributed by atoms with E-state index in [1.165, 1.54) is 0 Å². The third kappa shape index (κ3) is 2.71. The van der Waals surface area contributed by atoms with E-state index in [0.717, 1.165) is 23.2 Å². The molecule has 18 heavy (non-hydrogen) atoms. The van der Waals surface area contributed by atoms with E-state index in [-0.39, 0.29) is 18.6 Å². The van der Waals surface area contributed by atoms with E-state index >= 15 is 0 Å². The Morgan fingerprint density at radius 3 is 2.61 bits per heavy atom. The number of aryl methyl sites for hydroxylation is 2. The van der Waals surface area contributed by atoms with Crippen LogP contribution in [-0.2, 0) is 9.53 Å². The molecule has 1 aliphatic rings. The Morgan fingerprint density at radius 1 is 1.33 bits per heavy atom. The monoisotopic (exact) mass is 248 g/mol. The highest BCUT2D eigenvalue weighted by molar-refractivity contribution is 5.95. The second-order valence-electron chi connectivity index (χ2n) is 4.86. The van der Waals surface area contributed by atoms with Gasteiger partial charge in [0, 0.05) is 5.69 Å². The Kier molecular flexibility index (Phi) is 3.99. The molecule has 1 amide bonds. The Bertz CT molecular complexity index is 423. The van der Waals surface area contributed by atoms with E-state index in [9.17, 15) is 4.79 Å². The van der Waals surface area contributed by atoms with Crippen LogP contribution in [-0.4, -0.2) is 31.7 Å². The minimum atomic E-state index is 0.0182. The number of hydrogen-bond donors (Lipinski definition) is 1. The molecule has 2 rings (SSSR count). The van der Waals surface area contributed by atoms with Crippen LogP contribution in [0.4, 0.5) is 5.69 Å². The number of amides is 1. The Balaban J connectivity index is 2.33. The minimum Gasteiger partial charge on any atom is -0.369 e. The molecule has 1 aromatic carbocycles. The van der Waals surface area contributed by atoms with Crippen LogP contribution in [0.3, 0.4) is 0 Å². The molecule has 2 N–H and O–H groups in total. The quantitative estimate of drug-likeness (QED) is 0.879. The third-order valence-electron chi connectivity index (χ3n) is 3.15. The van der Waals surface area contributed by atoms with Crippen LogP contribution < -0.4 is 10.6 Å². The molecule has 1 aromatic rings. The molecule has 0 aromatic heterocycles. The van der Waals surface area contributed by atoms with Gasteiger partial charge >= 0.3 is 0 Å². The van der Waals surface area contributed by atoms with E-state index in [0.29, 0.717) is 13.2 Å². The first kappa shape index (κ1) is 13.1. The number of nitrogens with zero attached hydrogens (tertiary/aromatic N) is 1. The maximum absolute atomic E-state index is 12.1. The van der Waals surface area contributed by atoms with E-state index in [1.807, 2.05) is 30.9 Å². The summed E-state index contributed by atoms with van der Waals surface area (Å²) in [6.45, 7) is 5.37. The van der Waals surface area contributed by atoms with Crippen LogP contribution in [0.1, 0.15) is 17.5 Å². The fourth-order valence-electron chi connectivity index (χ4n) is 2.48. The average molecular weight is 248 g/mol. The molecule has 1 atom stereocenters. The van der Waals surface area contributed by atoms with E-state index in [1.54, 1.807) is 0 Å². The van der Waals surface area contributed by atoms with Crippen molar-refractivity contribution in [2.45, 2.75) is 26.3 Å². The first-order valence-electron chi connectivity index (χ1n) is 6.30. The molecule has 0 radical (unpaired) electrons. The molecule has 0 aliphatic carbocycles. The summed E-state index contributed by atoms with van der Waals surface area (Å²) < 4.78 is 5.31. The highest BCUT2D eigenvalue weighted by atomic mass is 16.5. The Labute approximate surface area is 108 Å². The van der Waals surface area contributed by atoms with E-state index in [4.69, 9.17) is 10.5 Å². The minimum absolute atomic E-state index is 0.0182. The number of hydrogen-bond acceptors (Lipinski definition) is 3. The molecule has 1 fully saturated rings. The predicted octanol–water partition coefficient (Wildman–Crippen LogP) is 1.38. The summed E-state index contributed by atoms with van der Waals surface area (Å²) in [5.74, 6) is 0.0182. The van der Waals surface area contributed by atoms with Gasteiger partial charge in [-0.05, 0) is 50.1 Å². The summed E-state index contributed by atoms with van der Waals surface area (Å²) >= 11 is 0. The van der Waals surface area contributed by atoms with Crippen LogP contribution >= 0.6 is 0 Å². The predicted molar refractivity (Wildman–Crippen MR) is 71.7 cm³/mol. The largest absolute Gasteiger partial charge is 0.369 e. The molecular formula is C14H20N2O2. The smallest absolute Gasteiger partial charge is 0.253 e. The van der Waals surface area contributed by atoms with Gasteiger partial charge in [-0.3, -0.25) is 4.79 Å². The molecule has 0 saturated carbocycles. The zero-order chi connectivity index (χ0) is 13.1. The van der Waals surface area contributed by atoms with Crippen LogP contribution in [0.25, 0.3) is 0 Å². The zero-order valence-corrected chi connectivity index (χ0v) is 11.0. The normalized spacial score (nSPS) is 20.3. The number of anilines is 1. The van der Waals surface area contributed by atoms with Gasteiger partial charge in [-0.2, -0.15) is 0 Å². The summed E-state index contributed by atoms with van der Waals surface area (Å²) in [5, 5.41) is 0. The summed E-state index contributed by atoms with van der Waals surface area (Å²) in [7, 11) is 0. The van der Waals surface area contributed by atoms with Crippen molar-refractivity contribution < 1.29 is 9.53 Å². The van der Waals surface area contributed by atoms with Crippen molar-refractivity contribution in [1.29, 1.82) is 0 Å². The second-order valence-corrected chi connectivity index (χ2v) is 4.86. The number of morpholine rings is 1. The van der Waals surface area contributed by atoms with Gasteiger partial charge in [0.2, 0.25) is 0 Å². The first-order valence-corrected chi connectivity index (χ1v) is 6.30. The van der Waals surface area contributed by atoms with E-state index in [2.05, 4.69) is 6.07 Å². The molecule has 1 saturated heterocycles. The fourth-order valence-corrected chi connectivity index (χ4v) is 2.48. The van der Waals surface area contributed by atoms with Gasteiger partial charge in [0.05, 0.1) is 12.6 Å². The lowest BCUT2D eigenvalue weighted by molar-refractivity contribution is -0.127. The summed E-state index contributed by atoms with van der Waals surface area (Å²) in [6, 6.07) is 6.24. The van der Waals surface area contributed by atoms with Gasteiger partial charge < -0.3 is 15.4 Å². The van der Waals surface area contributed by atoms with Gasteiger partial charge in [-0.15, -0.1) is 0 Å². The van der Waals surface area contributed by atoms with Gasteiger partial charge in [0.1, 0.15) is 6.61 Å². The van der Waals surface area contributed by atoms with Crippen molar-refractivity contribution in [1.82, 2.24) is 0 Å². The second kappa shape index (κ2) is 5.50. The van der Waals surface area contributed by atoms with Crippen molar-refractivity contribution in [3.8, 4) is 0 Å². The topological polar surface area (TPSA) is 55.6 Å². The zero-order valence-electron chi connectivity index (χ0n) is 11.0. The van der Waals surface area contributed by atoms with Crippen molar-refractivity contribution in [3.63, 3.8) is 0 Å². The van der Waals surface area contributed by atoms with Crippen molar-refractivity contribution in [3.05, 3.63) is 29.3 Å². The lowest BCUT2D eigenvalue weighted by atomic mass is 10.1. The maximum atomic E-state index is 12.1. The number of benzene rings is 1. The maximum Gasteiger partial charge on any atom is 0.253 e. The highest BCUT2D eigenvalue weighted by Gasteiger charge is 2.29. The molecular weight excluding hydrogens is 228 g/mol. The van der Waals surface area contributed by atoms with Crippen LogP contribution in [0.2, 0.25) is 0 Å². The van der Waals surface area contributed by atoms with Crippen LogP contribution in [0, 0.1) is 13.8 Å². The summed E-state index contributed by atoms with van der Waals surface area (Å²) in [4.78, 5) is 13.9. The third-order valence-corrected chi connectivity index (χ3v) is 3.15. The van der Waals surface area contributed by atoms with Crippen LogP contribution in [0.15, 0.2) is 18.2 Å². The molecule has 0 spiro atoms. The molecule has 4 heteroatoms. The first-order chi connectivity index (χ1) is 8.61. The number of nitrogens with two attached hydrogens (primary N) is 1. The van der Waals surface area contributed by atoms with Gasteiger partial charge in [-0.1, -0.05) is 6.07 Å². The average Bonchev–Trinajstić information content (AvgIpc) is 2.28. The Hall–Kier alpha value is -1.39. The summed E-state index contributed by atoms with van der Waals surface area (Å²) in [6.07, 6.45) is 0.763. The van der Waals surface area contributed by atoms with Gasteiger partial charge in [0.15, 0.2) is 0 Å². The lowest BCUT2D eigenvalue weighted by Crippen LogP contribution is -2.50. The van der Waals surface area contributed by atoms with Crippen molar-refractivity contribution in [2.75, 3.05) is 24.7 Å². The number of ether oxygens (including phenoxy) is 1. The SMILES string of the molecule is Cc1cc(C)cc(N2C(=O)COCC2CCN)c1. The molecule has 4 nitrogen and oxygen atoms in total. The summed E-state index contributed by atoms with van der Waals surface area (Å²) in [5.41, 5.74) is 8.89. The Morgan fingerprint density at radius 2 is 2.00 bits per heavy atom. The fraction of sp³-hybridized carbons (Fsp3) is 0.500. The molecule has 98 valence electrons. The number of carbonyl (C=O) groups is 1. The lowest BCUT2D eigenvalue weighted by Gasteiger charge is -2.35. The standard InChI is InChI=1S/C14H20N2O2/c1-10-5-11(2)7-13(6-10)16-12(3-4-15)8-18-9-14(16)17/h5-7,12H,3-4,8-9,15H2,1-2H3. The molecule has 1 aliphatic heterocycles. The van der Waals surface area contributed by atoms with Gasteiger partial charge in [0.25, 0.3) is 5.91 Å². The van der Waals surface area contributed by atoms with Crippen molar-refractivity contribution >= 4 is 11.6 Å². The molecule has 0 bridgehead atoms. The van der Waals surface area contributed by atoms with Gasteiger partial charge in [-0.25, -0.2) is 0 Å². The van der Waals surface area contributed by atoms with E-state index < -0.39 is 0 Å².